The van der Waals surface area contributed by atoms with Crippen LogP contribution in [0.25, 0.3) is 0 Å². The standard InChI is InChI=1S/C9H12O2/c1-7-4-3-5-9(6-7)8(2)11-10/h3-6,8,10H,1-2H3. The first kappa shape index (κ1) is 8.24. The molecule has 1 unspecified atom stereocenters. The zero-order valence-corrected chi connectivity index (χ0v) is 6.74. The SMILES string of the molecule is Cc1cccc(C(C)OO)c1. The van der Waals surface area contributed by atoms with E-state index in [-0.39, 0.29) is 6.10 Å². The van der Waals surface area contributed by atoms with Crippen LogP contribution in [-0.4, -0.2) is 5.26 Å². The molecule has 0 aromatic heterocycles. The zero-order valence-electron chi connectivity index (χ0n) is 6.74. The van der Waals surface area contributed by atoms with E-state index >= 15 is 0 Å². The highest BCUT2D eigenvalue weighted by molar-refractivity contribution is 5.23. The minimum Gasteiger partial charge on any atom is -0.251 e. The van der Waals surface area contributed by atoms with Crippen LogP contribution in [0.3, 0.4) is 0 Å². The van der Waals surface area contributed by atoms with Crippen LogP contribution in [0.4, 0.5) is 0 Å². The van der Waals surface area contributed by atoms with Crippen LogP contribution in [0, 0.1) is 6.92 Å². The molecule has 0 amide bonds. The van der Waals surface area contributed by atoms with Crippen molar-refractivity contribution in [3.05, 3.63) is 35.4 Å². The van der Waals surface area contributed by atoms with E-state index < -0.39 is 0 Å². The lowest BCUT2D eigenvalue weighted by Gasteiger charge is -2.07. The topological polar surface area (TPSA) is 29.5 Å². The van der Waals surface area contributed by atoms with Crippen LogP contribution in [0.15, 0.2) is 24.3 Å². The molecule has 0 aliphatic rings. The highest BCUT2D eigenvalue weighted by atomic mass is 17.1. The molecule has 1 rings (SSSR count). The summed E-state index contributed by atoms with van der Waals surface area (Å²) in [5.74, 6) is 0. The van der Waals surface area contributed by atoms with Crippen molar-refractivity contribution in [2.24, 2.45) is 0 Å². The Morgan fingerprint density at radius 1 is 1.45 bits per heavy atom. The van der Waals surface area contributed by atoms with Crippen LogP contribution >= 0.6 is 0 Å². The minimum atomic E-state index is -0.241. The molecule has 0 saturated carbocycles. The van der Waals surface area contributed by atoms with E-state index in [9.17, 15) is 0 Å². The van der Waals surface area contributed by atoms with Gasteiger partial charge in [-0.05, 0) is 19.4 Å². The average molecular weight is 152 g/mol. The van der Waals surface area contributed by atoms with E-state index in [0.29, 0.717) is 0 Å². The lowest BCUT2D eigenvalue weighted by atomic mass is 10.1. The second-order valence-electron chi connectivity index (χ2n) is 2.66. The Balaban J connectivity index is 2.86. The summed E-state index contributed by atoms with van der Waals surface area (Å²) in [6, 6.07) is 7.86. The molecule has 1 atom stereocenters. The van der Waals surface area contributed by atoms with Crippen molar-refractivity contribution in [2.45, 2.75) is 20.0 Å². The summed E-state index contributed by atoms with van der Waals surface area (Å²) in [6.45, 7) is 3.81. The predicted molar refractivity (Wildman–Crippen MR) is 43.3 cm³/mol. The quantitative estimate of drug-likeness (QED) is 0.521. The summed E-state index contributed by atoms with van der Waals surface area (Å²) < 4.78 is 0. The first-order chi connectivity index (χ1) is 5.24. The van der Waals surface area contributed by atoms with Crippen LogP contribution in [-0.2, 0) is 4.89 Å². The molecule has 1 N–H and O–H groups in total. The first-order valence-electron chi connectivity index (χ1n) is 3.61. The largest absolute Gasteiger partial charge is 0.251 e. The monoisotopic (exact) mass is 152 g/mol. The Kier molecular flexibility index (Phi) is 2.63. The summed E-state index contributed by atoms with van der Waals surface area (Å²) in [5, 5.41) is 8.38. The maximum atomic E-state index is 8.38. The smallest absolute Gasteiger partial charge is 0.115 e. The van der Waals surface area contributed by atoms with Crippen molar-refractivity contribution in [3.63, 3.8) is 0 Å². The molecule has 0 radical (unpaired) electrons. The van der Waals surface area contributed by atoms with Gasteiger partial charge < -0.3 is 0 Å². The van der Waals surface area contributed by atoms with Gasteiger partial charge in [-0.15, -0.1) is 0 Å². The maximum absolute atomic E-state index is 8.38. The normalized spacial score (nSPS) is 13.0. The Morgan fingerprint density at radius 3 is 2.73 bits per heavy atom. The summed E-state index contributed by atoms with van der Waals surface area (Å²) in [7, 11) is 0. The molecule has 2 heteroatoms. The molecule has 0 saturated heterocycles. The molecule has 0 heterocycles. The summed E-state index contributed by atoms with van der Waals surface area (Å²) in [6.07, 6.45) is -0.241. The summed E-state index contributed by atoms with van der Waals surface area (Å²) in [4.78, 5) is 4.19. The average Bonchev–Trinajstić information content (AvgIpc) is 2.03. The summed E-state index contributed by atoms with van der Waals surface area (Å²) >= 11 is 0. The van der Waals surface area contributed by atoms with Crippen molar-refractivity contribution in [1.29, 1.82) is 0 Å². The molecule has 0 fully saturated rings. The fraction of sp³-hybridized carbons (Fsp3) is 0.333. The van der Waals surface area contributed by atoms with Crippen LogP contribution in [0.5, 0.6) is 0 Å². The van der Waals surface area contributed by atoms with Crippen molar-refractivity contribution >= 4 is 0 Å². The van der Waals surface area contributed by atoms with E-state index in [1.54, 1.807) is 6.92 Å². The fourth-order valence-corrected chi connectivity index (χ4v) is 0.984. The molecule has 0 bridgehead atoms. The van der Waals surface area contributed by atoms with Crippen LogP contribution < -0.4 is 0 Å². The number of rotatable bonds is 2. The van der Waals surface area contributed by atoms with Gasteiger partial charge in [0.15, 0.2) is 0 Å². The highest BCUT2D eigenvalue weighted by Crippen LogP contribution is 2.15. The van der Waals surface area contributed by atoms with Crippen LogP contribution in [0.2, 0.25) is 0 Å². The van der Waals surface area contributed by atoms with Gasteiger partial charge in [0.25, 0.3) is 0 Å². The minimum absolute atomic E-state index is 0.241. The Morgan fingerprint density at radius 2 is 2.18 bits per heavy atom. The lowest BCUT2D eigenvalue weighted by Crippen LogP contribution is -1.95. The molecule has 0 aliphatic heterocycles. The van der Waals surface area contributed by atoms with Gasteiger partial charge in [0, 0.05) is 0 Å². The van der Waals surface area contributed by atoms with E-state index in [4.69, 9.17) is 5.26 Å². The number of aryl methyl sites for hydroxylation is 1. The number of hydrogen-bond donors (Lipinski definition) is 1. The Bertz CT molecular complexity index is 233. The fourth-order valence-electron chi connectivity index (χ4n) is 0.984. The Labute approximate surface area is 66.4 Å². The van der Waals surface area contributed by atoms with Gasteiger partial charge in [-0.25, -0.2) is 4.89 Å². The van der Waals surface area contributed by atoms with Gasteiger partial charge in [-0.2, -0.15) is 0 Å². The lowest BCUT2D eigenvalue weighted by molar-refractivity contribution is -0.277. The highest BCUT2D eigenvalue weighted by Gasteiger charge is 2.03. The van der Waals surface area contributed by atoms with Gasteiger partial charge in [0.2, 0.25) is 0 Å². The molecular weight excluding hydrogens is 140 g/mol. The van der Waals surface area contributed by atoms with E-state index in [1.807, 2.05) is 31.2 Å². The molecule has 11 heavy (non-hydrogen) atoms. The molecule has 1 aromatic rings. The molecule has 0 aliphatic carbocycles. The van der Waals surface area contributed by atoms with E-state index in [0.717, 1.165) is 5.56 Å². The molecule has 2 nitrogen and oxygen atoms in total. The van der Waals surface area contributed by atoms with Gasteiger partial charge >= 0.3 is 0 Å². The van der Waals surface area contributed by atoms with Gasteiger partial charge in [-0.1, -0.05) is 29.8 Å². The second kappa shape index (κ2) is 3.51. The second-order valence-corrected chi connectivity index (χ2v) is 2.66. The Hall–Kier alpha value is -0.860. The van der Waals surface area contributed by atoms with Gasteiger partial charge in [0.1, 0.15) is 6.10 Å². The number of benzene rings is 1. The van der Waals surface area contributed by atoms with Gasteiger partial charge in [0.05, 0.1) is 0 Å². The van der Waals surface area contributed by atoms with Crippen molar-refractivity contribution < 1.29 is 10.1 Å². The van der Waals surface area contributed by atoms with Crippen molar-refractivity contribution in [2.75, 3.05) is 0 Å². The molecule has 1 aromatic carbocycles. The third-order valence-corrected chi connectivity index (χ3v) is 1.67. The number of hydrogen-bond acceptors (Lipinski definition) is 2. The maximum Gasteiger partial charge on any atom is 0.115 e. The molecule has 60 valence electrons. The van der Waals surface area contributed by atoms with Crippen LogP contribution in [0.1, 0.15) is 24.2 Å². The van der Waals surface area contributed by atoms with E-state index in [1.165, 1.54) is 5.56 Å². The predicted octanol–water partition coefficient (Wildman–Crippen LogP) is 2.55. The molecule has 0 spiro atoms. The van der Waals surface area contributed by atoms with Gasteiger partial charge in [-0.3, -0.25) is 5.26 Å². The summed E-state index contributed by atoms with van der Waals surface area (Å²) in [5.41, 5.74) is 2.17. The molecular formula is C9H12O2. The van der Waals surface area contributed by atoms with E-state index in [2.05, 4.69) is 4.89 Å². The zero-order chi connectivity index (χ0) is 8.27. The third kappa shape index (κ3) is 2.03. The van der Waals surface area contributed by atoms with Crippen molar-refractivity contribution in [3.8, 4) is 0 Å². The first-order valence-corrected chi connectivity index (χ1v) is 3.61. The van der Waals surface area contributed by atoms with Crippen molar-refractivity contribution in [1.82, 2.24) is 0 Å². The third-order valence-electron chi connectivity index (χ3n) is 1.67.